The fourth-order valence-corrected chi connectivity index (χ4v) is 3.74. The minimum absolute atomic E-state index is 0.0886. The molecule has 1 heterocycles. The number of aromatic nitrogens is 1. The molecule has 0 aliphatic rings. The number of hydrogen-bond donors (Lipinski definition) is 2. The summed E-state index contributed by atoms with van der Waals surface area (Å²) in [5, 5.41) is 4.54. The highest BCUT2D eigenvalue weighted by Gasteiger charge is 2.24. The van der Waals surface area contributed by atoms with E-state index in [2.05, 4.69) is 74.4 Å². The Morgan fingerprint density at radius 2 is 1.94 bits per heavy atom. The quantitative estimate of drug-likeness (QED) is 0.243. The molecule has 0 fully saturated rings. The first-order chi connectivity index (χ1) is 15.3. The molecule has 0 saturated carbocycles. The van der Waals surface area contributed by atoms with E-state index < -0.39 is 0 Å². The highest BCUT2D eigenvalue weighted by molar-refractivity contribution is 5.92. The van der Waals surface area contributed by atoms with Crippen LogP contribution < -0.4 is 11.1 Å². The molecule has 0 spiro atoms. The molecule has 3 aromatic rings. The zero-order valence-corrected chi connectivity index (χ0v) is 20.0. The molecule has 1 atom stereocenters. The van der Waals surface area contributed by atoms with Crippen LogP contribution in [-0.4, -0.2) is 17.4 Å². The Labute approximate surface area is 192 Å². The first kappa shape index (κ1) is 23.3. The van der Waals surface area contributed by atoms with Crippen molar-refractivity contribution < 1.29 is 0 Å². The summed E-state index contributed by atoms with van der Waals surface area (Å²) in [4.78, 5) is 9.11. The molecule has 166 valence electrons. The van der Waals surface area contributed by atoms with Gasteiger partial charge in [0.15, 0.2) is 0 Å². The third-order valence-corrected chi connectivity index (χ3v) is 6.14. The Balaban J connectivity index is 1.87. The van der Waals surface area contributed by atoms with Gasteiger partial charge in [0.1, 0.15) is 6.17 Å². The van der Waals surface area contributed by atoms with Crippen LogP contribution in [0.2, 0.25) is 0 Å². The molecule has 0 radical (unpaired) electrons. The van der Waals surface area contributed by atoms with Gasteiger partial charge < -0.3 is 11.1 Å². The topological polar surface area (TPSA) is 63.3 Å². The maximum absolute atomic E-state index is 6.52. The molecule has 1 aromatic heterocycles. The normalized spacial score (nSPS) is 13.9. The number of hydrogen-bond acceptors (Lipinski definition) is 4. The van der Waals surface area contributed by atoms with E-state index in [1.165, 1.54) is 11.1 Å². The van der Waals surface area contributed by atoms with Crippen molar-refractivity contribution in [3.63, 3.8) is 0 Å². The van der Waals surface area contributed by atoms with Gasteiger partial charge in [0.05, 0.1) is 5.52 Å². The lowest BCUT2D eigenvalue weighted by Gasteiger charge is -2.28. The summed E-state index contributed by atoms with van der Waals surface area (Å²) in [6, 6.07) is 14.4. The van der Waals surface area contributed by atoms with Crippen LogP contribution in [0.5, 0.6) is 0 Å². The zero-order valence-electron chi connectivity index (χ0n) is 20.0. The molecule has 2 aromatic carbocycles. The van der Waals surface area contributed by atoms with Gasteiger partial charge in [-0.1, -0.05) is 49.8 Å². The Morgan fingerprint density at radius 3 is 2.66 bits per heavy atom. The lowest BCUT2D eigenvalue weighted by atomic mass is 9.77. The van der Waals surface area contributed by atoms with E-state index in [0.717, 1.165) is 33.4 Å². The van der Waals surface area contributed by atoms with Gasteiger partial charge in [0.25, 0.3) is 0 Å². The molecule has 3 rings (SSSR count). The van der Waals surface area contributed by atoms with E-state index in [1.54, 1.807) is 6.20 Å². The van der Waals surface area contributed by atoms with Gasteiger partial charge in [-0.25, -0.2) is 0 Å². The van der Waals surface area contributed by atoms with Gasteiger partial charge in [0.2, 0.25) is 0 Å². The second kappa shape index (κ2) is 9.82. The summed E-state index contributed by atoms with van der Waals surface area (Å²) >= 11 is 0. The van der Waals surface area contributed by atoms with Crippen LogP contribution in [0.3, 0.4) is 0 Å². The van der Waals surface area contributed by atoms with Gasteiger partial charge in [-0.2, -0.15) is 0 Å². The molecule has 0 aliphatic carbocycles. The molecule has 1 unspecified atom stereocenters. The molecule has 0 aliphatic heterocycles. The number of rotatable bonds is 7. The fraction of sp³-hybridized carbons (Fsp3) is 0.286. The van der Waals surface area contributed by atoms with Crippen molar-refractivity contribution in [2.75, 3.05) is 11.1 Å². The number of anilines is 2. The zero-order chi connectivity index (χ0) is 23.3. The van der Waals surface area contributed by atoms with E-state index in [-0.39, 0.29) is 11.6 Å². The highest BCUT2D eigenvalue weighted by Crippen LogP contribution is 2.34. The third-order valence-electron chi connectivity index (χ3n) is 6.14. The van der Waals surface area contributed by atoms with Crippen LogP contribution in [-0.2, 0) is 5.41 Å². The molecule has 3 N–H and O–H groups in total. The molecular formula is C28H34N4. The summed E-state index contributed by atoms with van der Waals surface area (Å²) in [7, 11) is 0. The average Bonchev–Trinajstić information content (AvgIpc) is 2.77. The summed E-state index contributed by atoms with van der Waals surface area (Å²) < 4.78 is 0. The van der Waals surface area contributed by atoms with Crippen LogP contribution in [0.1, 0.15) is 58.2 Å². The van der Waals surface area contributed by atoms with Gasteiger partial charge in [-0.05, 0) is 69.2 Å². The van der Waals surface area contributed by atoms with Crippen molar-refractivity contribution in [2.24, 2.45) is 4.99 Å². The third kappa shape index (κ3) is 5.08. The molecule has 0 saturated heterocycles. The van der Waals surface area contributed by atoms with Crippen LogP contribution in [0, 0.1) is 0 Å². The fourth-order valence-electron chi connectivity index (χ4n) is 3.74. The van der Waals surface area contributed by atoms with E-state index in [0.29, 0.717) is 0 Å². The van der Waals surface area contributed by atoms with E-state index in [1.807, 2.05) is 44.3 Å². The highest BCUT2D eigenvalue weighted by atomic mass is 15.1. The molecule has 0 bridgehead atoms. The van der Waals surface area contributed by atoms with Crippen LogP contribution in [0.15, 0.2) is 71.4 Å². The number of nitrogens with zero attached hydrogens (tertiary/aromatic N) is 2. The molecule has 0 amide bonds. The SMILES string of the molecule is C/C=C(/C)C(C)(C)c1cc(N)c(/C=N\C(C)Nc2ccc3ncccc3c2)c(/C=C/C)c1. The van der Waals surface area contributed by atoms with Crippen molar-refractivity contribution in [1.82, 2.24) is 4.98 Å². The lowest BCUT2D eigenvalue weighted by Crippen LogP contribution is -2.20. The van der Waals surface area contributed by atoms with Gasteiger partial charge in [0, 0.05) is 40.2 Å². The maximum Gasteiger partial charge on any atom is 0.115 e. The van der Waals surface area contributed by atoms with Crippen LogP contribution in [0.25, 0.3) is 17.0 Å². The number of nitrogens with two attached hydrogens (primary N) is 1. The summed E-state index contributed by atoms with van der Waals surface area (Å²) in [5.74, 6) is 0. The Hall–Kier alpha value is -3.40. The first-order valence-corrected chi connectivity index (χ1v) is 11.1. The molecule has 4 heteroatoms. The Bertz CT molecular complexity index is 1190. The van der Waals surface area contributed by atoms with Crippen LogP contribution in [0.4, 0.5) is 11.4 Å². The predicted octanol–water partition coefficient (Wildman–Crippen LogP) is 6.97. The van der Waals surface area contributed by atoms with Crippen LogP contribution >= 0.6 is 0 Å². The van der Waals surface area contributed by atoms with Crippen molar-refractivity contribution in [3.8, 4) is 0 Å². The summed E-state index contributed by atoms with van der Waals surface area (Å²) in [6.07, 6.45) is 9.87. The monoisotopic (exact) mass is 426 g/mol. The molecular weight excluding hydrogens is 392 g/mol. The Morgan fingerprint density at radius 1 is 1.16 bits per heavy atom. The molecule has 32 heavy (non-hydrogen) atoms. The number of fused-ring (bicyclic) bond motifs is 1. The predicted molar refractivity (Wildman–Crippen MR) is 140 cm³/mol. The second-order valence-corrected chi connectivity index (χ2v) is 8.67. The van der Waals surface area contributed by atoms with E-state index >= 15 is 0 Å². The first-order valence-electron chi connectivity index (χ1n) is 11.1. The average molecular weight is 427 g/mol. The number of aliphatic imine (C=N–C) groups is 1. The summed E-state index contributed by atoms with van der Waals surface area (Å²) in [5.41, 5.74) is 13.7. The second-order valence-electron chi connectivity index (χ2n) is 8.67. The van der Waals surface area contributed by atoms with Crippen molar-refractivity contribution in [1.29, 1.82) is 0 Å². The van der Waals surface area contributed by atoms with Gasteiger partial charge in [-0.15, -0.1) is 0 Å². The number of benzene rings is 2. The minimum Gasteiger partial charge on any atom is -0.398 e. The van der Waals surface area contributed by atoms with Crippen molar-refractivity contribution in [2.45, 2.75) is 53.1 Å². The number of allylic oxidation sites excluding steroid dienone is 3. The van der Waals surface area contributed by atoms with Crippen molar-refractivity contribution >= 4 is 34.6 Å². The Kier molecular flexibility index (Phi) is 7.14. The molecule has 4 nitrogen and oxygen atoms in total. The lowest BCUT2D eigenvalue weighted by molar-refractivity contribution is 0.622. The number of pyridine rings is 1. The largest absolute Gasteiger partial charge is 0.398 e. The summed E-state index contributed by atoms with van der Waals surface area (Å²) in [6.45, 7) is 12.8. The number of nitrogens with one attached hydrogen (secondary N) is 1. The smallest absolute Gasteiger partial charge is 0.115 e. The van der Waals surface area contributed by atoms with E-state index in [9.17, 15) is 0 Å². The van der Waals surface area contributed by atoms with E-state index in [4.69, 9.17) is 10.7 Å². The van der Waals surface area contributed by atoms with Crippen molar-refractivity contribution in [3.05, 3.63) is 83.1 Å². The van der Waals surface area contributed by atoms with Gasteiger partial charge >= 0.3 is 0 Å². The maximum atomic E-state index is 6.52. The number of nitrogen functional groups attached to an aromatic ring is 1. The minimum atomic E-state index is -0.108. The van der Waals surface area contributed by atoms with Gasteiger partial charge in [-0.3, -0.25) is 9.98 Å². The standard InChI is InChI=1S/C28H34N4/c1-7-10-21-15-23(28(5,6)19(3)8-2)17-26(29)25(21)18-31-20(4)32-24-12-13-27-22(16-24)11-9-14-30-27/h7-18,20,32H,29H2,1-6H3/b10-7+,19-8-,31-18-.